The van der Waals surface area contributed by atoms with Gasteiger partial charge in [-0.25, -0.2) is 0 Å². The number of nitrogens with one attached hydrogen (secondary N) is 1. The highest BCUT2D eigenvalue weighted by Gasteiger charge is 2.41. The van der Waals surface area contributed by atoms with Crippen molar-refractivity contribution < 1.29 is 9.32 Å². The highest BCUT2D eigenvalue weighted by Crippen LogP contribution is 2.37. The number of aromatic nitrogens is 2. The van der Waals surface area contributed by atoms with Crippen LogP contribution in [-0.4, -0.2) is 16.0 Å². The Bertz CT molecular complexity index is 995. The lowest BCUT2D eigenvalue weighted by Crippen LogP contribution is -2.47. The summed E-state index contributed by atoms with van der Waals surface area (Å²) in [4.78, 5) is 17.8. The summed E-state index contributed by atoms with van der Waals surface area (Å²) in [6, 6.07) is 17.6. The van der Waals surface area contributed by atoms with Gasteiger partial charge >= 0.3 is 0 Å². The standard InChI is InChI=1S/C25H29N3O2/c1-24(2,3)20-14-12-19(13-15-20)22(29)27-25(16-8-5-9-17-25)23-26-21(28-30-23)18-10-6-4-7-11-18/h4,6-7,10-15H,5,8-9,16-17H2,1-3H3,(H,27,29). The first-order valence-electron chi connectivity index (χ1n) is 10.7. The van der Waals surface area contributed by atoms with Crippen molar-refractivity contribution in [1.82, 2.24) is 15.5 Å². The average Bonchev–Trinajstić information content (AvgIpc) is 3.26. The molecule has 3 aromatic rings. The number of hydrogen-bond acceptors (Lipinski definition) is 4. The number of hydrogen-bond donors (Lipinski definition) is 1. The lowest BCUT2D eigenvalue weighted by Gasteiger charge is -2.34. The molecule has 4 rings (SSSR count). The van der Waals surface area contributed by atoms with Gasteiger partial charge in [-0.3, -0.25) is 4.79 Å². The summed E-state index contributed by atoms with van der Waals surface area (Å²) in [5, 5.41) is 7.44. The maximum absolute atomic E-state index is 13.1. The first kappa shape index (κ1) is 20.3. The monoisotopic (exact) mass is 403 g/mol. The third-order valence-corrected chi connectivity index (χ3v) is 5.94. The Hall–Kier alpha value is -2.95. The summed E-state index contributed by atoms with van der Waals surface area (Å²) in [7, 11) is 0. The van der Waals surface area contributed by atoms with E-state index in [1.807, 2.05) is 54.6 Å². The Kier molecular flexibility index (Phi) is 5.46. The minimum atomic E-state index is -0.613. The Morgan fingerprint density at radius 2 is 1.63 bits per heavy atom. The molecule has 2 aromatic carbocycles. The van der Waals surface area contributed by atoms with Crippen LogP contribution >= 0.6 is 0 Å². The molecule has 1 aromatic heterocycles. The van der Waals surface area contributed by atoms with Gasteiger partial charge in [0, 0.05) is 11.1 Å². The molecule has 1 fully saturated rings. The summed E-state index contributed by atoms with van der Waals surface area (Å²) in [6.07, 6.45) is 4.79. The molecule has 0 radical (unpaired) electrons. The molecule has 0 saturated heterocycles. The van der Waals surface area contributed by atoms with Crippen LogP contribution in [0.4, 0.5) is 0 Å². The minimum absolute atomic E-state index is 0.0528. The quantitative estimate of drug-likeness (QED) is 0.613. The van der Waals surface area contributed by atoms with E-state index in [-0.39, 0.29) is 11.3 Å². The second-order valence-electron chi connectivity index (χ2n) is 9.21. The van der Waals surface area contributed by atoms with Gasteiger partial charge in [0.25, 0.3) is 11.8 Å². The van der Waals surface area contributed by atoms with E-state index in [0.29, 0.717) is 17.3 Å². The van der Waals surface area contributed by atoms with Crippen molar-refractivity contribution in [3.8, 4) is 11.4 Å². The number of amides is 1. The van der Waals surface area contributed by atoms with Crippen LogP contribution in [0.2, 0.25) is 0 Å². The second-order valence-corrected chi connectivity index (χ2v) is 9.21. The fourth-order valence-corrected chi connectivity index (χ4v) is 4.08. The third-order valence-electron chi connectivity index (χ3n) is 5.94. The molecule has 1 saturated carbocycles. The lowest BCUT2D eigenvalue weighted by molar-refractivity contribution is 0.0824. The van der Waals surface area contributed by atoms with Crippen molar-refractivity contribution in [1.29, 1.82) is 0 Å². The van der Waals surface area contributed by atoms with Crippen LogP contribution in [0.15, 0.2) is 59.1 Å². The Morgan fingerprint density at radius 1 is 0.967 bits per heavy atom. The van der Waals surface area contributed by atoms with Crippen molar-refractivity contribution in [2.45, 2.75) is 63.8 Å². The zero-order valence-electron chi connectivity index (χ0n) is 17.9. The van der Waals surface area contributed by atoms with Gasteiger partial charge in [-0.05, 0) is 36.0 Å². The molecule has 30 heavy (non-hydrogen) atoms. The SMILES string of the molecule is CC(C)(C)c1ccc(C(=O)NC2(c3nc(-c4ccccc4)no3)CCCCC2)cc1. The second kappa shape index (κ2) is 8.05. The lowest BCUT2D eigenvalue weighted by atomic mass is 9.81. The molecule has 0 aliphatic heterocycles. The summed E-state index contributed by atoms with van der Waals surface area (Å²) in [5.74, 6) is 0.955. The molecule has 1 aliphatic carbocycles. The fourth-order valence-electron chi connectivity index (χ4n) is 4.08. The van der Waals surface area contributed by atoms with E-state index < -0.39 is 5.54 Å². The number of nitrogens with zero attached hydrogens (tertiary/aromatic N) is 2. The molecule has 0 spiro atoms. The van der Waals surface area contributed by atoms with E-state index in [9.17, 15) is 4.79 Å². The fraction of sp³-hybridized carbons (Fsp3) is 0.400. The number of rotatable bonds is 4. The number of benzene rings is 2. The van der Waals surface area contributed by atoms with E-state index in [1.165, 1.54) is 5.56 Å². The van der Waals surface area contributed by atoms with Crippen LogP contribution in [-0.2, 0) is 11.0 Å². The van der Waals surface area contributed by atoms with Gasteiger partial charge in [0.15, 0.2) is 0 Å². The van der Waals surface area contributed by atoms with E-state index >= 15 is 0 Å². The van der Waals surface area contributed by atoms with Gasteiger partial charge < -0.3 is 9.84 Å². The first-order valence-corrected chi connectivity index (χ1v) is 10.7. The molecule has 0 bridgehead atoms. The van der Waals surface area contributed by atoms with Crippen LogP contribution in [0, 0.1) is 0 Å². The van der Waals surface area contributed by atoms with Gasteiger partial charge in [-0.2, -0.15) is 4.98 Å². The third kappa shape index (κ3) is 4.16. The first-order chi connectivity index (χ1) is 14.4. The van der Waals surface area contributed by atoms with Crippen molar-refractivity contribution in [2.24, 2.45) is 0 Å². The van der Waals surface area contributed by atoms with Gasteiger partial charge in [-0.1, -0.05) is 87.7 Å². The molecule has 1 aliphatic rings. The van der Waals surface area contributed by atoms with Crippen LogP contribution in [0.3, 0.4) is 0 Å². The number of carbonyl (C=O) groups is 1. The summed E-state index contributed by atoms with van der Waals surface area (Å²) in [6.45, 7) is 6.50. The molecule has 156 valence electrons. The molecule has 1 heterocycles. The molecule has 0 unspecified atom stereocenters. The van der Waals surface area contributed by atoms with E-state index in [4.69, 9.17) is 4.52 Å². The normalized spacial score (nSPS) is 16.2. The maximum Gasteiger partial charge on any atom is 0.252 e. The van der Waals surface area contributed by atoms with Crippen molar-refractivity contribution in [3.63, 3.8) is 0 Å². The molecule has 1 amide bonds. The Labute approximate surface area is 177 Å². The van der Waals surface area contributed by atoms with E-state index in [2.05, 4.69) is 36.2 Å². The topological polar surface area (TPSA) is 68.0 Å². The predicted molar refractivity (Wildman–Crippen MR) is 117 cm³/mol. The summed E-state index contributed by atoms with van der Waals surface area (Å²) < 4.78 is 5.69. The average molecular weight is 404 g/mol. The molecular weight excluding hydrogens is 374 g/mol. The molecule has 5 heteroatoms. The summed E-state index contributed by atoms with van der Waals surface area (Å²) in [5.41, 5.74) is 2.20. The largest absolute Gasteiger partial charge is 0.338 e. The smallest absolute Gasteiger partial charge is 0.252 e. The highest BCUT2D eigenvalue weighted by atomic mass is 16.5. The van der Waals surface area contributed by atoms with Crippen LogP contribution < -0.4 is 5.32 Å². The van der Waals surface area contributed by atoms with Crippen LogP contribution in [0.1, 0.15) is 74.7 Å². The summed E-state index contributed by atoms with van der Waals surface area (Å²) >= 11 is 0. The van der Waals surface area contributed by atoms with Gasteiger partial charge in [-0.15, -0.1) is 0 Å². The molecule has 1 N–H and O–H groups in total. The maximum atomic E-state index is 13.1. The van der Waals surface area contributed by atoms with Gasteiger partial charge in [0.05, 0.1) is 0 Å². The van der Waals surface area contributed by atoms with Crippen LogP contribution in [0.25, 0.3) is 11.4 Å². The van der Waals surface area contributed by atoms with Crippen molar-refractivity contribution in [2.75, 3.05) is 0 Å². The Morgan fingerprint density at radius 3 is 2.27 bits per heavy atom. The van der Waals surface area contributed by atoms with Crippen LogP contribution in [0.5, 0.6) is 0 Å². The predicted octanol–water partition coefficient (Wildman–Crippen LogP) is 5.62. The van der Waals surface area contributed by atoms with Gasteiger partial charge in [0.1, 0.15) is 5.54 Å². The van der Waals surface area contributed by atoms with Crippen molar-refractivity contribution in [3.05, 3.63) is 71.6 Å². The van der Waals surface area contributed by atoms with E-state index in [0.717, 1.165) is 37.7 Å². The zero-order valence-corrected chi connectivity index (χ0v) is 17.9. The van der Waals surface area contributed by atoms with Crippen molar-refractivity contribution >= 4 is 5.91 Å². The minimum Gasteiger partial charge on any atom is -0.338 e. The van der Waals surface area contributed by atoms with Gasteiger partial charge in [0.2, 0.25) is 5.82 Å². The molecule has 5 nitrogen and oxygen atoms in total. The number of carbonyl (C=O) groups excluding carboxylic acids is 1. The molecule has 0 atom stereocenters. The van der Waals surface area contributed by atoms with E-state index in [1.54, 1.807) is 0 Å². The highest BCUT2D eigenvalue weighted by molar-refractivity contribution is 5.94. The zero-order chi connectivity index (χ0) is 21.2. The molecular formula is C25H29N3O2. The Balaban J connectivity index is 1.60.